The van der Waals surface area contributed by atoms with Gasteiger partial charge in [0.05, 0.1) is 0 Å². The molecular formula is C16H27N. The molecule has 0 spiro atoms. The monoisotopic (exact) mass is 233 g/mol. The van der Waals surface area contributed by atoms with E-state index in [1.165, 1.54) is 48.8 Å². The highest BCUT2D eigenvalue weighted by Crippen LogP contribution is 2.13. The van der Waals surface area contributed by atoms with Crippen molar-refractivity contribution in [1.82, 2.24) is 5.32 Å². The van der Waals surface area contributed by atoms with Crippen LogP contribution in [0.2, 0.25) is 0 Å². The smallest absolute Gasteiger partial charge is 0.00640 e. The predicted octanol–water partition coefficient (Wildman–Crippen LogP) is 4.01. The maximum Gasteiger partial charge on any atom is 0.00640 e. The highest BCUT2D eigenvalue weighted by Gasteiger charge is 2.04. The molecule has 0 heterocycles. The van der Waals surface area contributed by atoms with Crippen LogP contribution in [0.1, 0.15) is 49.3 Å². The molecule has 1 unspecified atom stereocenters. The molecule has 96 valence electrons. The van der Waals surface area contributed by atoms with E-state index in [4.69, 9.17) is 0 Å². The number of benzene rings is 1. The van der Waals surface area contributed by atoms with Crippen molar-refractivity contribution in [2.75, 3.05) is 7.05 Å². The van der Waals surface area contributed by atoms with Crippen LogP contribution >= 0.6 is 0 Å². The van der Waals surface area contributed by atoms with Gasteiger partial charge in [-0.15, -0.1) is 0 Å². The van der Waals surface area contributed by atoms with Gasteiger partial charge in [0.15, 0.2) is 0 Å². The average molecular weight is 233 g/mol. The van der Waals surface area contributed by atoms with Gasteiger partial charge >= 0.3 is 0 Å². The Morgan fingerprint density at radius 2 is 1.71 bits per heavy atom. The van der Waals surface area contributed by atoms with Crippen molar-refractivity contribution >= 4 is 0 Å². The highest BCUT2D eigenvalue weighted by molar-refractivity contribution is 5.28. The second-order valence-electron chi connectivity index (χ2n) is 5.16. The third kappa shape index (κ3) is 5.36. The minimum atomic E-state index is 0.700. The van der Waals surface area contributed by atoms with Gasteiger partial charge in [-0.2, -0.15) is 0 Å². The van der Waals surface area contributed by atoms with Gasteiger partial charge in [0.25, 0.3) is 0 Å². The molecule has 1 heteroatoms. The first-order valence-electron chi connectivity index (χ1n) is 6.90. The number of aryl methyl sites for hydroxylation is 3. The number of hydrogen-bond donors (Lipinski definition) is 1. The van der Waals surface area contributed by atoms with Gasteiger partial charge in [-0.3, -0.25) is 0 Å². The minimum absolute atomic E-state index is 0.700. The summed E-state index contributed by atoms with van der Waals surface area (Å²) < 4.78 is 0. The Bertz CT molecular complexity index is 310. The SMILES string of the molecule is CCCC(CCCc1cc(C)cc(C)c1)NC. The summed E-state index contributed by atoms with van der Waals surface area (Å²) >= 11 is 0. The molecule has 0 fully saturated rings. The molecule has 0 amide bonds. The molecule has 1 atom stereocenters. The lowest BCUT2D eigenvalue weighted by Crippen LogP contribution is -2.24. The van der Waals surface area contributed by atoms with Crippen LogP contribution < -0.4 is 5.32 Å². The third-order valence-corrected chi connectivity index (χ3v) is 3.34. The van der Waals surface area contributed by atoms with E-state index in [1.807, 2.05) is 0 Å². The van der Waals surface area contributed by atoms with Crippen molar-refractivity contribution < 1.29 is 0 Å². The Hall–Kier alpha value is -0.820. The first-order valence-corrected chi connectivity index (χ1v) is 6.90. The molecule has 0 saturated carbocycles. The Labute approximate surface area is 107 Å². The molecule has 17 heavy (non-hydrogen) atoms. The minimum Gasteiger partial charge on any atom is -0.317 e. The van der Waals surface area contributed by atoms with E-state index in [1.54, 1.807) is 0 Å². The summed E-state index contributed by atoms with van der Waals surface area (Å²) in [5.41, 5.74) is 4.27. The second-order valence-corrected chi connectivity index (χ2v) is 5.16. The molecule has 1 rings (SSSR count). The lowest BCUT2D eigenvalue weighted by atomic mass is 9.99. The second kappa shape index (κ2) is 7.50. The van der Waals surface area contributed by atoms with Gasteiger partial charge in [-0.05, 0) is 52.1 Å². The summed E-state index contributed by atoms with van der Waals surface area (Å²) in [7, 11) is 2.08. The molecule has 1 aromatic rings. The summed E-state index contributed by atoms with van der Waals surface area (Å²) in [6.45, 7) is 6.63. The van der Waals surface area contributed by atoms with Crippen molar-refractivity contribution in [3.8, 4) is 0 Å². The standard InChI is InChI=1S/C16H27N/c1-5-7-16(17-4)9-6-8-15-11-13(2)10-14(3)12-15/h10-12,16-17H,5-9H2,1-4H3. The number of rotatable bonds is 7. The largest absolute Gasteiger partial charge is 0.317 e. The fourth-order valence-electron chi connectivity index (χ4n) is 2.55. The Morgan fingerprint density at radius 3 is 2.24 bits per heavy atom. The van der Waals surface area contributed by atoms with Crippen LogP contribution in [0.3, 0.4) is 0 Å². The summed E-state index contributed by atoms with van der Waals surface area (Å²) in [5.74, 6) is 0. The molecule has 0 saturated heterocycles. The Morgan fingerprint density at radius 1 is 1.06 bits per heavy atom. The Kier molecular flexibility index (Phi) is 6.28. The summed E-state index contributed by atoms with van der Waals surface area (Å²) in [6, 6.07) is 7.59. The van der Waals surface area contributed by atoms with E-state index in [0.717, 1.165) is 0 Å². The number of nitrogens with one attached hydrogen (secondary N) is 1. The van der Waals surface area contributed by atoms with Gasteiger partial charge in [-0.25, -0.2) is 0 Å². The zero-order valence-corrected chi connectivity index (χ0v) is 11.8. The maximum atomic E-state index is 3.41. The first-order chi connectivity index (χ1) is 8.15. The molecule has 0 radical (unpaired) electrons. The van der Waals surface area contributed by atoms with Crippen molar-refractivity contribution in [3.05, 3.63) is 34.9 Å². The van der Waals surface area contributed by atoms with Gasteiger partial charge in [0.2, 0.25) is 0 Å². The van der Waals surface area contributed by atoms with E-state index in [0.29, 0.717) is 6.04 Å². The third-order valence-electron chi connectivity index (χ3n) is 3.34. The molecule has 0 bridgehead atoms. The average Bonchev–Trinajstić information content (AvgIpc) is 2.26. The van der Waals surface area contributed by atoms with Crippen LogP contribution in [0, 0.1) is 13.8 Å². The molecule has 0 aliphatic carbocycles. The summed E-state index contributed by atoms with van der Waals surface area (Å²) in [5, 5.41) is 3.41. The van der Waals surface area contributed by atoms with Crippen LogP contribution in [-0.4, -0.2) is 13.1 Å². The van der Waals surface area contributed by atoms with Crippen LogP contribution in [0.4, 0.5) is 0 Å². The molecule has 1 nitrogen and oxygen atoms in total. The molecule has 1 N–H and O–H groups in total. The van der Waals surface area contributed by atoms with Crippen molar-refractivity contribution in [1.29, 1.82) is 0 Å². The van der Waals surface area contributed by atoms with E-state index in [9.17, 15) is 0 Å². The van der Waals surface area contributed by atoms with E-state index < -0.39 is 0 Å². The fraction of sp³-hybridized carbons (Fsp3) is 0.625. The van der Waals surface area contributed by atoms with Gasteiger partial charge in [-0.1, -0.05) is 42.7 Å². The highest BCUT2D eigenvalue weighted by atomic mass is 14.9. The number of hydrogen-bond acceptors (Lipinski definition) is 1. The quantitative estimate of drug-likeness (QED) is 0.750. The maximum absolute atomic E-state index is 3.41. The summed E-state index contributed by atoms with van der Waals surface area (Å²) in [4.78, 5) is 0. The lowest BCUT2D eigenvalue weighted by molar-refractivity contribution is 0.469. The predicted molar refractivity (Wildman–Crippen MR) is 76.6 cm³/mol. The van der Waals surface area contributed by atoms with E-state index in [-0.39, 0.29) is 0 Å². The van der Waals surface area contributed by atoms with Gasteiger partial charge in [0.1, 0.15) is 0 Å². The molecule has 0 aliphatic heterocycles. The Balaban J connectivity index is 2.39. The first kappa shape index (κ1) is 14.2. The van der Waals surface area contributed by atoms with Crippen LogP contribution in [0.5, 0.6) is 0 Å². The molecule has 0 aliphatic rings. The van der Waals surface area contributed by atoms with E-state index in [2.05, 4.69) is 51.3 Å². The van der Waals surface area contributed by atoms with Gasteiger partial charge in [0, 0.05) is 6.04 Å². The topological polar surface area (TPSA) is 12.0 Å². The molecular weight excluding hydrogens is 206 g/mol. The summed E-state index contributed by atoms with van der Waals surface area (Å²) in [6.07, 6.45) is 6.36. The normalized spacial score (nSPS) is 12.7. The lowest BCUT2D eigenvalue weighted by Gasteiger charge is -2.15. The van der Waals surface area contributed by atoms with Crippen LogP contribution in [0.25, 0.3) is 0 Å². The molecule has 0 aromatic heterocycles. The van der Waals surface area contributed by atoms with E-state index >= 15 is 0 Å². The van der Waals surface area contributed by atoms with Crippen LogP contribution in [0.15, 0.2) is 18.2 Å². The molecule has 1 aromatic carbocycles. The van der Waals surface area contributed by atoms with Crippen molar-refractivity contribution in [2.45, 2.75) is 58.9 Å². The zero-order chi connectivity index (χ0) is 12.7. The van der Waals surface area contributed by atoms with Crippen molar-refractivity contribution in [3.63, 3.8) is 0 Å². The zero-order valence-electron chi connectivity index (χ0n) is 11.8. The van der Waals surface area contributed by atoms with Crippen LogP contribution in [-0.2, 0) is 6.42 Å². The van der Waals surface area contributed by atoms with Gasteiger partial charge < -0.3 is 5.32 Å². The van der Waals surface area contributed by atoms with Crippen molar-refractivity contribution in [2.24, 2.45) is 0 Å². The fourth-order valence-corrected chi connectivity index (χ4v) is 2.55.